The van der Waals surface area contributed by atoms with E-state index >= 15 is 0 Å². The predicted molar refractivity (Wildman–Crippen MR) is 229 cm³/mol. The number of benzene rings is 7. The van der Waals surface area contributed by atoms with Crippen molar-refractivity contribution in [2.24, 2.45) is 20.9 Å². The van der Waals surface area contributed by atoms with Gasteiger partial charge in [-0.2, -0.15) is 0 Å². The Balaban J connectivity index is 1.13. The van der Waals surface area contributed by atoms with Gasteiger partial charge in [-0.3, -0.25) is 4.99 Å². The maximum absolute atomic E-state index is 5.39. The van der Waals surface area contributed by atoms with Gasteiger partial charge < -0.3 is 0 Å². The Bertz CT molecular complexity index is 2480. The van der Waals surface area contributed by atoms with Crippen molar-refractivity contribution >= 4 is 39.4 Å². The summed E-state index contributed by atoms with van der Waals surface area (Å²) in [4.78, 5) is 15.6. The van der Waals surface area contributed by atoms with E-state index in [1.54, 1.807) is 0 Å². The summed E-state index contributed by atoms with van der Waals surface area (Å²) in [5.74, 6) is 1.24. The first-order valence-corrected chi connectivity index (χ1v) is 19.0. The van der Waals surface area contributed by atoms with Crippen LogP contribution in [0.15, 0.2) is 203 Å². The third kappa shape index (κ3) is 7.53. The summed E-state index contributed by atoms with van der Waals surface area (Å²) < 4.78 is 0. The largest absolute Gasteiger partial charge is 0.252 e. The van der Waals surface area contributed by atoms with Crippen LogP contribution in [0.1, 0.15) is 60.4 Å². The molecule has 7 aromatic rings. The molecule has 3 heteroatoms. The topological polar surface area (TPSA) is 37.1 Å². The molecule has 8 rings (SSSR count). The second kappa shape index (κ2) is 16.1. The van der Waals surface area contributed by atoms with Gasteiger partial charge in [-0.25, -0.2) is 9.98 Å². The number of rotatable bonds is 9. The molecule has 54 heavy (non-hydrogen) atoms. The van der Waals surface area contributed by atoms with Crippen LogP contribution >= 0.6 is 0 Å². The summed E-state index contributed by atoms with van der Waals surface area (Å²) in [6.45, 7) is 4.42. The fourth-order valence-corrected chi connectivity index (χ4v) is 7.49. The number of hydrogen-bond donors (Lipinski definition) is 0. The van der Waals surface area contributed by atoms with Crippen LogP contribution in [0, 0.1) is 5.92 Å². The first-order valence-electron chi connectivity index (χ1n) is 19.0. The number of amidine groups is 1. The molecule has 7 aromatic carbocycles. The third-order valence-corrected chi connectivity index (χ3v) is 10.3. The van der Waals surface area contributed by atoms with Crippen molar-refractivity contribution in [3.05, 3.63) is 216 Å². The zero-order valence-electron chi connectivity index (χ0n) is 30.8. The van der Waals surface area contributed by atoms with Crippen molar-refractivity contribution in [1.82, 2.24) is 0 Å². The van der Waals surface area contributed by atoms with E-state index in [1.807, 2.05) is 24.3 Å². The van der Waals surface area contributed by atoms with E-state index in [1.165, 1.54) is 21.9 Å². The summed E-state index contributed by atoms with van der Waals surface area (Å²) in [5.41, 5.74) is 12.1. The van der Waals surface area contributed by atoms with E-state index in [4.69, 9.17) is 15.0 Å². The van der Waals surface area contributed by atoms with Gasteiger partial charge in [-0.05, 0) is 81.8 Å². The summed E-state index contributed by atoms with van der Waals surface area (Å²) in [6.07, 6.45) is 4.21. The molecule has 0 N–H and O–H groups in total. The number of aliphatic imine (C=N–C) groups is 3. The molecule has 2 atom stereocenters. The van der Waals surface area contributed by atoms with E-state index in [2.05, 4.69) is 178 Å². The average Bonchev–Trinajstić information content (AvgIpc) is 3.25. The number of nitrogens with zero attached hydrogens (tertiary/aromatic N) is 3. The summed E-state index contributed by atoms with van der Waals surface area (Å²) in [6, 6.07) is 64.1. The number of allylic oxidation sites excluding steroid dienone is 1. The van der Waals surface area contributed by atoms with E-state index in [9.17, 15) is 0 Å². The van der Waals surface area contributed by atoms with Crippen molar-refractivity contribution < 1.29 is 0 Å². The zero-order valence-corrected chi connectivity index (χ0v) is 30.8. The second-order valence-corrected chi connectivity index (χ2v) is 13.8. The minimum absolute atomic E-state index is 0.238. The Labute approximate surface area is 318 Å². The molecule has 0 spiro atoms. The van der Waals surface area contributed by atoms with Gasteiger partial charge in [0.05, 0.1) is 17.1 Å². The summed E-state index contributed by atoms with van der Waals surface area (Å²) in [5, 5.41) is 2.39. The molecule has 0 bridgehead atoms. The van der Waals surface area contributed by atoms with Crippen LogP contribution in [0.4, 0.5) is 5.69 Å². The van der Waals surface area contributed by atoms with Crippen molar-refractivity contribution in [3.8, 4) is 11.1 Å². The Morgan fingerprint density at radius 3 is 1.76 bits per heavy atom. The SMILES string of the molecule is CC/C(=N\C(=N/c1ccc(-c2ccc3ccc(C4=CC(c5ccccc5)C(CC)C(c5ccccc5)=N4)cc3c2)cc1)c1ccccc1)c1ccccc1. The predicted octanol–water partition coefficient (Wildman–Crippen LogP) is 13.1. The molecule has 0 aromatic heterocycles. The molecular formula is C51H43N3. The third-order valence-electron chi connectivity index (χ3n) is 10.3. The van der Waals surface area contributed by atoms with Gasteiger partial charge in [0.1, 0.15) is 0 Å². The molecule has 1 aliphatic heterocycles. The van der Waals surface area contributed by atoms with Crippen LogP contribution in [0.5, 0.6) is 0 Å². The standard InChI is InChI=1S/C51H43N3/c1-3-46-47(38-17-9-5-10-18-38)35-49(53-50(46)40-21-13-7-14-22-40)43-28-26-37-25-27-42(33-44(37)34-43)36-29-31-45(32-30-36)52-51(41-23-15-8-16-24-41)54-48(4-2)39-19-11-6-12-20-39/h5-35,46-47H,3-4H2,1-2H3/b52-51-,54-48+. The van der Waals surface area contributed by atoms with Crippen LogP contribution < -0.4 is 0 Å². The quantitative estimate of drug-likeness (QED) is 0.106. The van der Waals surface area contributed by atoms with Crippen molar-refractivity contribution in [2.75, 3.05) is 0 Å². The van der Waals surface area contributed by atoms with E-state index in [0.29, 0.717) is 11.8 Å². The first kappa shape index (κ1) is 34.6. The highest BCUT2D eigenvalue weighted by Gasteiger charge is 2.30. The van der Waals surface area contributed by atoms with Gasteiger partial charge in [0, 0.05) is 28.7 Å². The first-order chi connectivity index (χ1) is 26.7. The van der Waals surface area contributed by atoms with Gasteiger partial charge in [0.2, 0.25) is 0 Å². The summed E-state index contributed by atoms with van der Waals surface area (Å²) >= 11 is 0. The molecule has 0 fully saturated rings. The van der Waals surface area contributed by atoms with Crippen LogP contribution in [-0.2, 0) is 0 Å². The Kier molecular flexibility index (Phi) is 10.3. The Hall–Kier alpha value is -6.45. The molecule has 3 nitrogen and oxygen atoms in total. The fraction of sp³-hybridized carbons (Fsp3) is 0.118. The molecule has 0 saturated heterocycles. The monoisotopic (exact) mass is 697 g/mol. The van der Waals surface area contributed by atoms with Crippen LogP contribution in [-0.4, -0.2) is 17.3 Å². The highest BCUT2D eigenvalue weighted by Crippen LogP contribution is 2.40. The number of hydrogen-bond acceptors (Lipinski definition) is 2. The van der Waals surface area contributed by atoms with Crippen LogP contribution in [0.3, 0.4) is 0 Å². The van der Waals surface area contributed by atoms with Crippen molar-refractivity contribution in [2.45, 2.75) is 32.6 Å². The Morgan fingerprint density at radius 2 is 1.11 bits per heavy atom. The molecule has 0 radical (unpaired) electrons. The van der Waals surface area contributed by atoms with E-state index < -0.39 is 0 Å². The highest BCUT2D eigenvalue weighted by atomic mass is 14.9. The lowest BCUT2D eigenvalue weighted by molar-refractivity contribution is 0.593. The normalized spacial score (nSPS) is 16.2. The maximum atomic E-state index is 5.39. The maximum Gasteiger partial charge on any atom is 0.160 e. The minimum Gasteiger partial charge on any atom is -0.252 e. The van der Waals surface area contributed by atoms with Crippen molar-refractivity contribution in [1.29, 1.82) is 0 Å². The van der Waals surface area contributed by atoms with E-state index in [-0.39, 0.29) is 5.92 Å². The van der Waals surface area contributed by atoms with Gasteiger partial charge >= 0.3 is 0 Å². The van der Waals surface area contributed by atoms with Crippen LogP contribution in [0.25, 0.3) is 27.6 Å². The number of fused-ring (bicyclic) bond motifs is 1. The molecular weight excluding hydrogens is 655 g/mol. The van der Waals surface area contributed by atoms with Gasteiger partial charge in [-0.15, -0.1) is 0 Å². The lowest BCUT2D eigenvalue weighted by Crippen LogP contribution is -2.25. The summed E-state index contributed by atoms with van der Waals surface area (Å²) in [7, 11) is 0. The average molecular weight is 698 g/mol. The second-order valence-electron chi connectivity index (χ2n) is 13.8. The Morgan fingerprint density at radius 1 is 0.537 bits per heavy atom. The molecule has 2 unspecified atom stereocenters. The van der Waals surface area contributed by atoms with Gasteiger partial charge in [0.25, 0.3) is 0 Å². The van der Waals surface area contributed by atoms with Gasteiger partial charge in [0.15, 0.2) is 5.84 Å². The highest BCUT2D eigenvalue weighted by molar-refractivity contribution is 6.13. The smallest absolute Gasteiger partial charge is 0.160 e. The molecule has 1 heterocycles. The molecule has 262 valence electrons. The van der Waals surface area contributed by atoms with Gasteiger partial charge in [-0.1, -0.05) is 172 Å². The molecule has 0 saturated carbocycles. The fourth-order valence-electron chi connectivity index (χ4n) is 7.49. The zero-order chi connectivity index (χ0) is 36.7. The van der Waals surface area contributed by atoms with Crippen molar-refractivity contribution in [3.63, 3.8) is 0 Å². The lowest BCUT2D eigenvalue weighted by Gasteiger charge is -2.30. The lowest BCUT2D eigenvalue weighted by atomic mass is 9.76. The molecule has 0 aliphatic carbocycles. The molecule has 1 aliphatic rings. The van der Waals surface area contributed by atoms with E-state index in [0.717, 1.165) is 63.5 Å². The van der Waals surface area contributed by atoms with Crippen LogP contribution in [0.2, 0.25) is 0 Å². The minimum atomic E-state index is 0.238. The molecule has 0 amide bonds.